The zero-order chi connectivity index (χ0) is 15.6. The number of carbonyl (C=O) groups is 2. The van der Waals surface area contributed by atoms with Crippen molar-refractivity contribution in [2.45, 2.75) is 0 Å². The summed E-state index contributed by atoms with van der Waals surface area (Å²) in [4.78, 5) is 23.2. The standard InChI is InChI=1S/C14H10INO5/c15-8-1-2-12(11(5-8)14(20)21)16-13(19)7-3-9(17)6-10(18)4-7/h1-6,17-18H,(H,16,19)(H,20,21). The second-order valence-corrected chi connectivity index (χ2v) is 5.43. The lowest BCUT2D eigenvalue weighted by Crippen LogP contribution is -2.15. The van der Waals surface area contributed by atoms with Crippen LogP contribution in [0.1, 0.15) is 20.7 Å². The van der Waals surface area contributed by atoms with Crippen molar-refractivity contribution in [3.63, 3.8) is 0 Å². The van der Waals surface area contributed by atoms with Crippen LogP contribution in [-0.4, -0.2) is 27.2 Å². The Bertz CT molecular complexity index is 709. The predicted octanol–water partition coefficient (Wildman–Crippen LogP) is 2.65. The highest BCUT2D eigenvalue weighted by Crippen LogP contribution is 2.23. The highest BCUT2D eigenvalue weighted by Gasteiger charge is 2.15. The van der Waals surface area contributed by atoms with Crippen LogP contribution in [0.15, 0.2) is 36.4 Å². The lowest BCUT2D eigenvalue weighted by atomic mass is 10.1. The molecule has 0 spiro atoms. The van der Waals surface area contributed by atoms with Gasteiger partial charge in [-0.1, -0.05) is 0 Å². The number of carbonyl (C=O) groups excluding carboxylic acids is 1. The van der Waals surface area contributed by atoms with E-state index in [1.165, 1.54) is 24.3 Å². The van der Waals surface area contributed by atoms with Crippen molar-refractivity contribution >= 4 is 40.2 Å². The van der Waals surface area contributed by atoms with E-state index in [0.29, 0.717) is 0 Å². The Morgan fingerprint density at radius 1 is 1.00 bits per heavy atom. The van der Waals surface area contributed by atoms with Gasteiger partial charge in [0.1, 0.15) is 11.5 Å². The number of carboxylic acids is 1. The number of phenolic OH excluding ortho intramolecular Hbond substituents is 2. The maximum Gasteiger partial charge on any atom is 0.337 e. The summed E-state index contributed by atoms with van der Waals surface area (Å²) < 4.78 is 0.720. The van der Waals surface area contributed by atoms with E-state index in [0.717, 1.165) is 9.64 Å². The van der Waals surface area contributed by atoms with Crippen LogP contribution in [0.5, 0.6) is 11.5 Å². The Labute approximate surface area is 133 Å². The molecule has 4 N–H and O–H groups in total. The Morgan fingerprint density at radius 3 is 2.19 bits per heavy atom. The van der Waals surface area contributed by atoms with Crippen LogP contribution in [-0.2, 0) is 0 Å². The molecule has 2 aromatic carbocycles. The molecule has 108 valence electrons. The smallest absolute Gasteiger partial charge is 0.337 e. The van der Waals surface area contributed by atoms with Gasteiger partial charge in [-0.2, -0.15) is 0 Å². The second-order valence-electron chi connectivity index (χ2n) is 4.19. The summed E-state index contributed by atoms with van der Waals surface area (Å²) in [5.74, 6) is -2.32. The summed E-state index contributed by atoms with van der Waals surface area (Å²) in [6.45, 7) is 0. The van der Waals surface area contributed by atoms with Crippen molar-refractivity contribution in [1.82, 2.24) is 0 Å². The van der Waals surface area contributed by atoms with Gasteiger partial charge in [0.25, 0.3) is 5.91 Å². The van der Waals surface area contributed by atoms with E-state index in [4.69, 9.17) is 5.11 Å². The van der Waals surface area contributed by atoms with E-state index in [2.05, 4.69) is 5.32 Å². The molecule has 0 fully saturated rings. The number of phenols is 2. The fourth-order valence-electron chi connectivity index (χ4n) is 1.72. The fraction of sp³-hybridized carbons (Fsp3) is 0. The minimum atomic E-state index is -1.16. The Balaban J connectivity index is 2.33. The van der Waals surface area contributed by atoms with Crippen molar-refractivity contribution in [2.24, 2.45) is 0 Å². The topological polar surface area (TPSA) is 107 Å². The maximum absolute atomic E-state index is 12.1. The first kappa shape index (κ1) is 15.1. The van der Waals surface area contributed by atoms with Gasteiger partial charge in [-0.3, -0.25) is 4.79 Å². The quantitative estimate of drug-likeness (QED) is 0.594. The van der Waals surface area contributed by atoms with Gasteiger partial charge in [-0.15, -0.1) is 0 Å². The van der Waals surface area contributed by atoms with Crippen LogP contribution in [0.25, 0.3) is 0 Å². The molecular formula is C14H10INO5. The molecule has 0 radical (unpaired) electrons. The number of anilines is 1. The van der Waals surface area contributed by atoms with Crippen LogP contribution in [0.3, 0.4) is 0 Å². The lowest BCUT2D eigenvalue weighted by molar-refractivity contribution is 0.0698. The number of carboxylic acid groups (broad SMARTS) is 1. The van der Waals surface area contributed by atoms with Crippen molar-refractivity contribution in [2.75, 3.05) is 5.32 Å². The third-order valence-electron chi connectivity index (χ3n) is 2.62. The van der Waals surface area contributed by atoms with Gasteiger partial charge in [0.05, 0.1) is 11.3 Å². The molecule has 0 atom stereocenters. The molecule has 7 heteroatoms. The van der Waals surface area contributed by atoms with Crippen LogP contribution < -0.4 is 5.32 Å². The Hall–Kier alpha value is -2.29. The summed E-state index contributed by atoms with van der Waals surface area (Å²) in [5.41, 5.74) is 0.109. The molecule has 0 bridgehead atoms. The van der Waals surface area contributed by atoms with Crippen LogP contribution >= 0.6 is 22.6 Å². The summed E-state index contributed by atoms with van der Waals surface area (Å²) in [7, 11) is 0. The van der Waals surface area contributed by atoms with Crippen molar-refractivity contribution in [3.8, 4) is 11.5 Å². The summed E-state index contributed by atoms with van der Waals surface area (Å²) in [5, 5.41) is 30.3. The van der Waals surface area contributed by atoms with Gasteiger partial charge in [0.2, 0.25) is 0 Å². The first-order valence-electron chi connectivity index (χ1n) is 5.74. The molecular weight excluding hydrogens is 389 g/mol. The molecule has 2 aromatic rings. The molecule has 0 saturated carbocycles. The number of nitrogens with one attached hydrogen (secondary N) is 1. The molecule has 6 nitrogen and oxygen atoms in total. The van der Waals surface area contributed by atoms with E-state index >= 15 is 0 Å². The first-order chi connectivity index (χ1) is 9.86. The number of halogens is 1. The average Bonchev–Trinajstić information content (AvgIpc) is 2.39. The largest absolute Gasteiger partial charge is 0.508 e. The number of aromatic hydroxyl groups is 2. The fourth-order valence-corrected chi connectivity index (χ4v) is 2.21. The molecule has 0 aromatic heterocycles. The number of amides is 1. The third-order valence-corrected chi connectivity index (χ3v) is 3.30. The van der Waals surface area contributed by atoms with E-state index in [1.54, 1.807) is 6.07 Å². The Morgan fingerprint density at radius 2 is 1.62 bits per heavy atom. The first-order valence-corrected chi connectivity index (χ1v) is 6.82. The minimum Gasteiger partial charge on any atom is -0.508 e. The lowest BCUT2D eigenvalue weighted by Gasteiger charge is -2.09. The third kappa shape index (κ3) is 3.63. The van der Waals surface area contributed by atoms with Crippen LogP contribution in [0, 0.1) is 3.57 Å². The number of hydrogen-bond acceptors (Lipinski definition) is 4. The van der Waals surface area contributed by atoms with E-state index < -0.39 is 11.9 Å². The maximum atomic E-state index is 12.1. The highest BCUT2D eigenvalue weighted by atomic mass is 127. The number of rotatable bonds is 3. The molecule has 0 aliphatic heterocycles. The van der Waals surface area contributed by atoms with Crippen LogP contribution in [0.4, 0.5) is 5.69 Å². The minimum absolute atomic E-state index is 0.0161. The number of benzene rings is 2. The molecule has 21 heavy (non-hydrogen) atoms. The second kappa shape index (κ2) is 6.00. The van der Waals surface area contributed by atoms with Gasteiger partial charge in [-0.05, 0) is 52.9 Å². The summed E-state index contributed by atoms with van der Waals surface area (Å²) >= 11 is 1.97. The van der Waals surface area contributed by atoms with Crippen LogP contribution in [0.2, 0.25) is 0 Å². The van der Waals surface area contributed by atoms with E-state index in [-0.39, 0.29) is 28.3 Å². The molecule has 2 rings (SSSR count). The number of aromatic carboxylic acids is 1. The van der Waals surface area contributed by atoms with Crippen molar-refractivity contribution in [3.05, 3.63) is 51.1 Å². The van der Waals surface area contributed by atoms with Gasteiger partial charge in [-0.25, -0.2) is 4.79 Å². The molecule has 0 saturated heterocycles. The van der Waals surface area contributed by atoms with Gasteiger partial charge in [0, 0.05) is 15.2 Å². The number of hydrogen-bond donors (Lipinski definition) is 4. The molecule has 1 amide bonds. The van der Waals surface area contributed by atoms with E-state index in [1.807, 2.05) is 22.6 Å². The molecule has 0 unspecified atom stereocenters. The van der Waals surface area contributed by atoms with Crippen molar-refractivity contribution in [1.29, 1.82) is 0 Å². The van der Waals surface area contributed by atoms with Crippen molar-refractivity contribution < 1.29 is 24.9 Å². The van der Waals surface area contributed by atoms with Gasteiger partial charge < -0.3 is 20.6 Å². The molecule has 0 aliphatic rings. The SMILES string of the molecule is O=C(Nc1ccc(I)cc1C(=O)O)c1cc(O)cc(O)c1. The summed E-state index contributed by atoms with van der Waals surface area (Å²) in [6, 6.07) is 7.99. The monoisotopic (exact) mass is 399 g/mol. The summed E-state index contributed by atoms with van der Waals surface area (Å²) in [6.07, 6.45) is 0. The zero-order valence-electron chi connectivity index (χ0n) is 10.5. The van der Waals surface area contributed by atoms with E-state index in [9.17, 15) is 19.8 Å². The molecule has 0 aliphatic carbocycles. The molecule has 0 heterocycles. The van der Waals surface area contributed by atoms with Gasteiger partial charge >= 0.3 is 5.97 Å². The van der Waals surface area contributed by atoms with Gasteiger partial charge in [0.15, 0.2) is 0 Å². The predicted molar refractivity (Wildman–Crippen MR) is 83.8 cm³/mol. The Kier molecular flexibility index (Phi) is 4.32. The zero-order valence-corrected chi connectivity index (χ0v) is 12.7. The highest BCUT2D eigenvalue weighted by molar-refractivity contribution is 14.1. The average molecular weight is 399 g/mol. The normalized spacial score (nSPS) is 10.1.